The lowest BCUT2D eigenvalue weighted by Crippen LogP contribution is -2.47. The summed E-state index contributed by atoms with van der Waals surface area (Å²) in [4.78, 5) is 25.3. The van der Waals surface area contributed by atoms with Gasteiger partial charge in [0, 0.05) is 7.05 Å². The van der Waals surface area contributed by atoms with Crippen LogP contribution in [0.25, 0.3) is 11.2 Å². The van der Waals surface area contributed by atoms with E-state index in [-0.39, 0.29) is 12.7 Å². The Labute approximate surface area is 196 Å². The number of carbonyl (C=O) groups excluding carboxylic acids is 1. The van der Waals surface area contributed by atoms with Crippen LogP contribution in [0.1, 0.15) is 39.7 Å². The van der Waals surface area contributed by atoms with Crippen molar-refractivity contribution in [3.63, 3.8) is 0 Å². The van der Waals surface area contributed by atoms with Gasteiger partial charge in [-0.3, -0.25) is 9.36 Å². The van der Waals surface area contributed by atoms with Gasteiger partial charge in [0.25, 0.3) is 6.64 Å². The third kappa shape index (κ3) is 4.50. The van der Waals surface area contributed by atoms with Crippen molar-refractivity contribution in [2.75, 3.05) is 19.0 Å². The highest BCUT2D eigenvalue weighted by Gasteiger charge is 2.60. The second kappa shape index (κ2) is 8.79. The minimum atomic E-state index is -3.19. The second-order valence-corrected chi connectivity index (χ2v) is 11.7. The van der Waals surface area contributed by atoms with Crippen molar-refractivity contribution in [2.45, 2.75) is 70.9 Å². The third-order valence-electron chi connectivity index (χ3n) is 5.42. The summed E-state index contributed by atoms with van der Waals surface area (Å²) in [6.07, 6.45) is -1.61. The third-order valence-corrected chi connectivity index (χ3v) is 8.01. The Morgan fingerprint density at radius 2 is 2.15 bits per heavy atom. The highest BCUT2D eigenvalue weighted by molar-refractivity contribution is 8.09. The number of carbonyl (C=O) groups is 1. The molecule has 2 saturated heterocycles. The van der Waals surface area contributed by atoms with Gasteiger partial charge >= 0.3 is 5.97 Å². The zero-order valence-corrected chi connectivity index (χ0v) is 20.9. The van der Waals surface area contributed by atoms with Crippen molar-refractivity contribution >= 4 is 41.4 Å². The minimum Gasteiger partial charge on any atom is -0.462 e. The number of ether oxygens (including phenoxy) is 2. The summed E-state index contributed by atoms with van der Waals surface area (Å²) >= 11 is 5.53. The van der Waals surface area contributed by atoms with Gasteiger partial charge in [-0.1, -0.05) is 0 Å². The Bertz CT molecular complexity index is 1110. The Morgan fingerprint density at radius 3 is 2.82 bits per heavy atom. The van der Waals surface area contributed by atoms with Crippen LogP contribution in [0.4, 0.5) is 10.2 Å². The van der Waals surface area contributed by atoms with Crippen molar-refractivity contribution in [3.8, 4) is 0 Å². The van der Waals surface area contributed by atoms with Crippen molar-refractivity contribution in [1.29, 1.82) is 0 Å². The molecule has 6 atom stereocenters. The summed E-state index contributed by atoms with van der Waals surface area (Å²) in [7, 11) is 1.73. The first-order valence-electron chi connectivity index (χ1n) is 10.6. The highest BCUT2D eigenvalue weighted by atomic mass is 32.5. The predicted octanol–water partition coefficient (Wildman–Crippen LogP) is 2.37. The van der Waals surface area contributed by atoms with Gasteiger partial charge in [-0.05, 0) is 46.4 Å². The topological polar surface area (TPSA) is 122 Å². The number of esters is 1. The van der Waals surface area contributed by atoms with E-state index in [9.17, 15) is 4.79 Å². The van der Waals surface area contributed by atoms with Gasteiger partial charge in [0.2, 0.25) is 0 Å². The van der Waals surface area contributed by atoms with Gasteiger partial charge in [-0.2, -0.15) is 0 Å². The Morgan fingerprint density at radius 1 is 1.42 bits per heavy atom. The molecule has 182 valence electrons. The molecule has 2 aromatic heterocycles. The molecule has 14 heteroatoms. The summed E-state index contributed by atoms with van der Waals surface area (Å²) < 4.78 is 40.7. The molecule has 4 heterocycles. The van der Waals surface area contributed by atoms with Crippen LogP contribution in [0.5, 0.6) is 0 Å². The van der Waals surface area contributed by atoms with Crippen LogP contribution in [-0.2, 0) is 35.1 Å². The number of fused-ring (bicyclic) bond motifs is 2. The fourth-order valence-corrected chi connectivity index (χ4v) is 6.62. The molecule has 4 rings (SSSR count). The smallest absolute Gasteiger partial charge is 0.323 e. The number of rotatable bonds is 6. The van der Waals surface area contributed by atoms with Gasteiger partial charge in [-0.25, -0.2) is 24.4 Å². The van der Waals surface area contributed by atoms with Crippen LogP contribution in [-0.4, -0.2) is 69.2 Å². The van der Waals surface area contributed by atoms with E-state index in [1.54, 1.807) is 34.7 Å². The molecule has 0 radical (unpaired) electrons. The predicted molar refractivity (Wildman–Crippen MR) is 122 cm³/mol. The average molecular weight is 503 g/mol. The molecule has 0 unspecified atom stereocenters. The molecule has 0 aliphatic carbocycles. The molecular weight excluding hydrogens is 474 g/mol. The van der Waals surface area contributed by atoms with Gasteiger partial charge in [-0.15, -0.1) is 0 Å². The number of anilines is 1. The average Bonchev–Trinajstić information content (AvgIpc) is 3.24. The molecule has 0 amide bonds. The lowest BCUT2D eigenvalue weighted by atomic mass is 9.98. The number of alkyl halides is 1. The monoisotopic (exact) mass is 502 g/mol. The normalized spacial score (nSPS) is 32.7. The summed E-state index contributed by atoms with van der Waals surface area (Å²) in [5.74, 6) is 0.548. The zero-order chi connectivity index (χ0) is 24.1. The van der Waals surface area contributed by atoms with Gasteiger partial charge in [0.15, 0.2) is 28.9 Å². The van der Waals surface area contributed by atoms with Gasteiger partial charge in [0.05, 0.1) is 19.0 Å². The fourth-order valence-electron chi connectivity index (χ4n) is 3.92. The van der Waals surface area contributed by atoms with E-state index in [2.05, 4.69) is 25.4 Å². The Hall–Kier alpha value is -1.76. The SMILES string of the molecule is CNc1nc(C)nc2c1ncn2[C@@H]1O[C@@H]2CO[P@@](=S)(N[C@@H](C)C(=O)OC(C)C)O[C@H]2[C@@]1(C)F. The number of halogens is 1. The van der Waals surface area contributed by atoms with E-state index in [4.69, 9.17) is 30.3 Å². The second-order valence-electron chi connectivity index (χ2n) is 8.53. The molecule has 0 saturated carbocycles. The Balaban J connectivity index is 1.58. The summed E-state index contributed by atoms with van der Waals surface area (Å²) in [5.41, 5.74) is -1.06. The molecule has 0 spiro atoms. The van der Waals surface area contributed by atoms with E-state index < -0.39 is 42.8 Å². The molecule has 2 aromatic rings. The van der Waals surface area contributed by atoms with E-state index in [1.807, 2.05) is 0 Å². The number of hydrogen-bond donors (Lipinski definition) is 2. The first-order chi connectivity index (χ1) is 15.4. The fraction of sp³-hybridized carbons (Fsp3) is 0.684. The summed E-state index contributed by atoms with van der Waals surface area (Å²) in [5, 5.41) is 5.86. The van der Waals surface area contributed by atoms with Gasteiger partial charge < -0.3 is 23.8 Å². The van der Waals surface area contributed by atoms with E-state index >= 15 is 4.39 Å². The van der Waals surface area contributed by atoms with E-state index in [0.29, 0.717) is 22.8 Å². The van der Waals surface area contributed by atoms with Crippen LogP contribution in [0.3, 0.4) is 0 Å². The lowest BCUT2D eigenvalue weighted by molar-refractivity contribution is -0.149. The van der Waals surface area contributed by atoms with Crippen molar-refractivity contribution < 1.29 is 27.7 Å². The molecule has 2 aliphatic rings. The minimum absolute atomic E-state index is 0.0132. The molecule has 2 aliphatic heterocycles. The van der Waals surface area contributed by atoms with E-state index in [1.165, 1.54) is 17.8 Å². The number of aryl methyl sites for hydroxylation is 1. The standard InChI is InChI=1S/C19H28FN6O5PS/c1-9(2)29-17(27)10(3)25-32(33)28-7-12-14(31-32)19(5,20)18(30-12)26-8-22-13-15(21-6)23-11(4)24-16(13)26/h8-10,12,14,18H,7H2,1-6H3,(H,25,33)(H,21,23,24)/t10-,12+,14+,18+,19+,32-/m0/s1. The molecule has 0 bridgehead atoms. The first-order valence-corrected chi connectivity index (χ1v) is 13.2. The molecular formula is C19H28FN6O5PS. The van der Waals surface area contributed by atoms with Crippen LogP contribution in [0, 0.1) is 6.92 Å². The maximum Gasteiger partial charge on any atom is 0.323 e. The quantitative estimate of drug-likeness (QED) is 0.447. The van der Waals surface area contributed by atoms with E-state index in [0.717, 1.165) is 0 Å². The Kier molecular flexibility index (Phi) is 6.49. The molecule has 2 N–H and O–H groups in total. The van der Waals surface area contributed by atoms with Gasteiger partial charge in [0.1, 0.15) is 24.1 Å². The van der Waals surface area contributed by atoms with Crippen LogP contribution in [0.15, 0.2) is 6.33 Å². The van der Waals surface area contributed by atoms with Crippen LogP contribution >= 0.6 is 6.64 Å². The van der Waals surface area contributed by atoms with Crippen LogP contribution in [0.2, 0.25) is 0 Å². The maximum atomic E-state index is 16.2. The number of hydrogen-bond acceptors (Lipinski definition) is 10. The lowest BCUT2D eigenvalue weighted by Gasteiger charge is -2.37. The van der Waals surface area contributed by atoms with Crippen molar-refractivity contribution in [1.82, 2.24) is 24.6 Å². The van der Waals surface area contributed by atoms with Crippen LogP contribution < -0.4 is 10.4 Å². The molecule has 33 heavy (non-hydrogen) atoms. The van der Waals surface area contributed by atoms with Crippen molar-refractivity contribution in [2.24, 2.45) is 0 Å². The first kappa shape index (κ1) is 24.4. The molecule has 0 aromatic carbocycles. The van der Waals surface area contributed by atoms with Crippen molar-refractivity contribution in [3.05, 3.63) is 12.2 Å². The number of imidazole rings is 1. The molecule has 11 nitrogen and oxygen atoms in total. The summed E-state index contributed by atoms with van der Waals surface area (Å²) in [6.45, 7) is 5.05. The number of nitrogens with zero attached hydrogens (tertiary/aromatic N) is 4. The highest BCUT2D eigenvalue weighted by Crippen LogP contribution is 2.57. The largest absolute Gasteiger partial charge is 0.462 e. The zero-order valence-electron chi connectivity index (χ0n) is 19.2. The summed E-state index contributed by atoms with van der Waals surface area (Å²) in [6, 6.07) is -0.781. The maximum absolute atomic E-state index is 16.2. The number of aromatic nitrogens is 4. The molecule has 2 fully saturated rings. The number of nitrogens with one attached hydrogen (secondary N) is 2.